The van der Waals surface area contributed by atoms with Gasteiger partial charge in [0.05, 0.1) is 12.2 Å². The topological polar surface area (TPSA) is 55.6 Å². The molecule has 0 radical (unpaired) electrons. The number of hydrogen-bond donors (Lipinski definition) is 1. The molecule has 2 unspecified atom stereocenters. The first-order valence-corrected chi connectivity index (χ1v) is 7.32. The number of hydrogen-bond acceptors (Lipinski definition) is 3. The van der Waals surface area contributed by atoms with Crippen LogP contribution >= 0.6 is 0 Å². The predicted molar refractivity (Wildman–Crippen MR) is 71.2 cm³/mol. The highest BCUT2D eigenvalue weighted by atomic mass is 16.5. The molecule has 104 valence electrons. The summed E-state index contributed by atoms with van der Waals surface area (Å²) >= 11 is 0. The van der Waals surface area contributed by atoms with Crippen molar-refractivity contribution in [3.8, 4) is 0 Å². The van der Waals surface area contributed by atoms with Crippen molar-refractivity contribution in [2.75, 3.05) is 19.6 Å². The second kappa shape index (κ2) is 6.53. The van der Waals surface area contributed by atoms with Gasteiger partial charge < -0.3 is 15.4 Å². The van der Waals surface area contributed by atoms with Crippen molar-refractivity contribution in [2.45, 2.75) is 57.7 Å². The third kappa shape index (κ3) is 3.69. The molecule has 0 aromatic carbocycles. The van der Waals surface area contributed by atoms with Crippen molar-refractivity contribution in [3.05, 3.63) is 0 Å². The fraction of sp³-hybridized carbons (Fsp3) is 0.929. The summed E-state index contributed by atoms with van der Waals surface area (Å²) < 4.78 is 5.67. The Morgan fingerprint density at radius 2 is 2.06 bits per heavy atom. The molecule has 0 spiro atoms. The summed E-state index contributed by atoms with van der Waals surface area (Å²) in [5.41, 5.74) is 5.64. The minimum Gasteiger partial charge on any atom is -0.370 e. The lowest BCUT2D eigenvalue weighted by atomic mass is 10.0. The van der Waals surface area contributed by atoms with Gasteiger partial charge >= 0.3 is 0 Å². The summed E-state index contributed by atoms with van der Waals surface area (Å²) in [5, 5.41) is 0. The number of carbonyl (C=O) groups excluding carboxylic acids is 1. The molecule has 18 heavy (non-hydrogen) atoms. The lowest BCUT2D eigenvalue weighted by Crippen LogP contribution is -2.51. The Morgan fingerprint density at radius 1 is 1.33 bits per heavy atom. The second-order valence-corrected chi connectivity index (χ2v) is 5.79. The van der Waals surface area contributed by atoms with Crippen LogP contribution in [-0.4, -0.2) is 42.6 Å². The molecule has 2 N–H and O–H groups in total. The molecule has 2 aliphatic rings. The van der Waals surface area contributed by atoms with E-state index >= 15 is 0 Å². The largest absolute Gasteiger partial charge is 0.370 e. The van der Waals surface area contributed by atoms with Crippen molar-refractivity contribution in [1.29, 1.82) is 0 Å². The quantitative estimate of drug-likeness (QED) is 0.828. The predicted octanol–water partition coefficient (Wildman–Crippen LogP) is 1.53. The zero-order valence-corrected chi connectivity index (χ0v) is 11.4. The molecule has 1 heterocycles. The van der Waals surface area contributed by atoms with Crippen LogP contribution in [0.15, 0.2) is 0 Å². The molecule has 1 saturated heterocycles. The van der Waals surface area contributed by atoms with E-state index in [0.717, 1.165) is 18.9 Å². The van der Waals surface area contributed by atoms with Crippen LogP contribution in [0.5, 0.6) is 0 Å². The van der Waals surface area contributed by atoms with Gasteiger partial charge in [0.2, 0.25) is 5.91 Å². The Morgan fingerprint density at radius 3 is 2.72 bits per heavy atom. The van der Waals surface area contributed by atoms with Crippen molar-refractivity contribution in [3.63, 3.8) is 0 Å². The zero-order chi connectivity index (χ0) is 13.0. The van der Waals surface area contributed by atoms with Crippen LogP contribution in [-0.2, 0) is 9.53 Å². The van der Waals surface area contributed by atoms with Crippen LogP contribution < -0.4 is 5.73 Å². The van der Waals surface area contributed by atoms with E-state index in [4.69, 9.17) is 10.5 Å². The molecule has 4 heteroatoms. The minimum atomic E-state index is 0.0178. The maximum Gasteiger partial charge on any atom is 0.222 e. The fourth-order valence-electron chi connectivity index (χ4n) is 3.16. The van der Waals surface area contributed by atoms with Gasteiger partial charge in [-0.1, -0.05) is 25.7 Å². The standard InChI is InChI=1S/C14H26N2O2/c1-11-9-16(10-13(8-15)18-11)14(17)7-6-12-4-2-3-5-12/h11-13H,2-10,15H2,1H3. The van der Waals surface area contributed by atoms with Crippen LogP contribution in [0.2, 0.25) is 0 Å². The van der Waals surface area contributed by atoms with Crippen LogP contribution in [0, 0.1) is 5.92 Å². The van der Waals surface area contributed by atoms with E-state index in [-0.39, 0.29) is 18.1 Å². The lowest BCUT2D eigenvalue weighted by Gasteiger charge is -2.36. The van der Waals surface area contributed by atoms with Crippen LogP contribution in [0.25, 0.3) is 0 Å². The zero-order valence-electron chi connectivity index (χ0n) is 11.4. The van der Waals surface area contributed by atoms with Gasteiger partial charge in [-0.2, -0.15) is 0 Å². The molecule has 2 fully saturated rings. The van der Waals surface area contributed by atoms with Crippen LogP contribution in [0.1, 0.15) is 45.4 Å². The molecule has 0 aromatic heterocycles. The highest BCUT2D eigenvalue weighted by Gasteiger charge is 2.27. The Kier molecular flexibility index (Phi) is 5.01. The third-order valence-corrected chi connectivity index (χ3v) is 4.18. The number of rotatable bonds is 4. The molecule has 0 aromatic rings. The summed E-state index contributed by atoms with van der Waals surface area (Å²) in [7, 11) is 0. The number of morpholine rings is 1. The van der Waals surface area contributed by atoms with Gasteiger partial charge in [-0.05, 0) is 19.3 Å². The monoisotopic (exact) mass is 254 g/mol. The average Bonchev–Trinajstić information content (AvgIpc) is 2.88. The Labute approximate surface area is 110 Å². The van der Waals surface area contributed by atoms with Crippen LogP contribution in [0.3, 0.4) is 0 Å². The number of carbonyl (C=O) groups is 1. The maximum absolute atomic E-state index is 12.2. The number of ether oxygens (including phenoxy) is 1. The van der Waals surface area contributed by atoms with E-state index in [1.165, 1.54) is 25.7 Å². The summed E-state index contributed by atoms with van der Waals surface area (Å²) in [4.78, 5) is 14.1. The van der Waals surface area contributed by atoms with Crippen LogP contribution in [0.4, 0.5) is 0 Å². The fourth-order valence-corrected chi connectivity index (χ4v) is 3.16. The SMILES string of the molecule is CC1CN(C(=O)CCC2CCCC2)CC(CN)O1. The molecular formula is C14H26N2O2. The molecule has 0 bridgehead atoms. The number of nitrogens with zero attached hydrogens (tertiary/aromatic N) is 1. The summed E-state index contributed by atoms with van der Waals surface area (Å²) in [6.07, 6.45) is 7.24. The molecule has 1 aliphatic carbocycles. The highest BCUT2D eigenvalue weighted by Crippen LogP contribution is 2.28. The van der Waals surface area contributed by atoms with E-state index in [1.807, 2.05) is 11.8 Å². The van der Waals surface area contributed by atoms with E-state index < -0.39 is 0 Å². The van der Waals surface area contributed by atoms with Crippen molar-refractivity contribution < 1.29 is 9.53 Å². The Hall–Kier alpha value is -0.610. The molecular weight excluding hydrogens is 228 g/mol. The maximum atomic E-state index is 12.2. The van der Waals surface area contributed by atoms with Gasteiger partial charge in [0.1, 0.15) is 0 Å². The van der Waals surface area contributed by atoms with E-state index in [1.54, 1.807) is 0 Å². The first kappa shape index (κ1) is 13.8. The molecule has 1 aliphatic heterocycles. The van der Waals surface area contributed by atoms with E-state index in [0.29, 0.717) is 19.5 Å². The van der Waals surface area contributed by atoms with Gasteiger partial charge in [-0.3, -0.25) is 4.79 Å². The van der Waals surface area contributed by atoms with Crippen molar-refractivity contribution in [2.24, 2.45) is 11.7 Å². The van der Waals surface area contributed by atoms with Gasteiger partial charge in [0, 0.05) is 26.1 Å². The summed E-state index contributed by atoms with van der Waals surface area (Å²) in [6, 6.07) is 0. The van der Waals surface area contributed by atoms with E-state index in [9.17, 15) is 4.79 Å². The smallest absolute Gasteiger partial charge is 0.222 e. The molecule has 1 amide bonds. The number of nitrogens with two attached hydrogens (primary N) is 1. The van der Waals surface area contributed by atoms with Gasteiger partial charge in [-0.25, -0.2) is 0 Å². The second-order valence-electron chi connectivity index (χ2n) is 5.79. The number of amides is 1. The summed E-state index contributed by atoms with van der Waals surface area (Å²) in [6.45, 7) is 3.90. The van der Waals surface area contributed by atoms with Crippen molar-refractivity contribution in [1.82, 2.24) is 4.90 Å². The Balaban J connectivity index is 1.76. The van der Waals surface area contributed by atoms with Gasteiger partial charge in [0.25, 0.3) is 0 Å². The molecule has 4 nitrogen and oxygen atoms in total. The molecule has 2 atom stereocenters. The van der Waals surface area contributed by atoms with Crippen molar-refractivity contribution >= 4 is 5.91 Å². The highest BCUT2D eigenvalue weighted by molar-refractivity contribution is 5.76. The lowest BCUT2D eigenvalue weighted by molar-refractivity contribution is -0.143. The van der Waals surface area contributed by atoms with Gasteiger partial charge in [-0.15, -0.1) is 0 Å². The molecule has 1 saturated carbocycles. The normalized spacial score (nSPS) is 29.8. The van der Waals surface area contributed by atoms with E-state index in [2.05, 4.69) is 0 Å². The average molecular weight is 254 g/mol. The first-order valence-electron chi connectivity index (χ1n) is 7.32. The Bertz CT molecular complexity index is 277. The summed E-state index contributed by atoms with van der Waals surface area (Å²) in [5.74, 6) is 1.08. The third-order valence-electron chi connectivity index (χ3n) is 4.18. The van der Waals surface area contributed by atoms with Gasteiger partial charge in [0.15, 0.2) is 0 Å². The first-order chi connectivity index (χ1) is 8.69. The minimum absolute atomic E-state index is 0.0178. The molecule has 2 rings (SSSR count).